The van der Waals surface area contributed by atoms with Crippen LogP contribution in [0.25, 0.3) is 85.9 Å². The van der Waals surface area contributed by atoms with Gasteiger partial charge >= 0.3 is 0 Å². The molecule has 0 radical (unpaired) electrons. The van der Waals surface area contributed by atoms with E-state index in [0.717, 1.165) is 61.2 Å². The van der Waals surface area contributed by atoms with Crippen molar-refractivity contribution in [2.75, 3.05) is 0 Å². The first-order chi connectivity index (χ1) is 28.7. The largest absolute Gasteiger partial charge is 0.456 e. The maximum atomic E-state index is 6.66. The van der Waals surface area contributed by atoms with Gasteiger partial charge in [-0.3, -0.25) is 0 Å². The van der Waals surface area contributed by atoms with Crippen molar-refractivity contribution in [2.45, 2.75) is 6.17 Å². The normalized spacial score (nSPS) is 14.4. The van der Waals surface area contributed by atoms with Crippen LogP contribution in [0.3, 0.4) is 0 Å². The number of thiophene rings is 1. The number of fused-ring (bicyclic) bond motifs is 8. The summed E-state index contributed by atoms with van der Waals surface area (Å²) >= 11 is 1.83. The van der Waals surface area contributed by atoms with Crippen LogP contribution in [0.5, 0.6) is 0 Å². The molecule has 4 nitrogen and oxygen atoms in total. The number of amidine groups is 2. The van der Waals surface area contributed by atoms with E-state index in [4.69, 9.17) is 14.4 Å². The number of benzene rings is 9. The first-order valence-corrected chi connectivity index (χ1v) is 20.4. The van der Waals surface area contributed by atoms with Crippen LogP contribution < -0.4 is 5.32 Å². The minimum absolute atomic E-state index is 0.381. The first kappa shape index (κ1) is 32.9. The molecule has 1 aliphatic rings. The van der Waals surface area contributed by atoms with Gasteiger partial charge in [0, 0.05) is 42.1 Å². The summed E-state index contributed by atoms with van der Waals surface area (Å²) in [5.41, 5.74) is 9.20. The van der Waals surface area contributed by atoms with Gasteiger partial charge in [-0.05, 0) is 91.8 Å². The second-order valence-electron chi connectivity index (χ2n) is 15.0. The summed E-state index contributed by atoms with van der Waals surface area (Å²) in [7, 11) is 0. The molecule has 9 aromatic carbocycles. The zero-order valence-corrected chi connectivity index (χ0v) is 32.0. The Morgan fingerprint density at radius 1 is 0.448 bits per heavy atom. The highest BCUT2D eigenvalue weighted by molar-refractivity contribution is 7.25. The minimum atomic E-state index is -0.381. The molecule has 3 heterocycles. The molecule has 12 rings (SSSR count). The number of nitrogens with zero attached hydrogens (tertiary/aromatic N) is 2. The predicted octanol–water partition coefficient (Wildman–Crippen LogP) is 14.1. The van der Waals surface area contributed by atoms with E-state index in [0.29, 0.717) is 5.84 Å². The zero-order valence-electron chi connectivity index (χ0n) is 31.2. The summed E-state index contributed by atoms with van der Waals surface area (Å²) in [5, 5.41) is 13.1. The molecule has 1 aliphatic heterocycles. The number of hydrogen-bond acceptors (Lipinski definition) is 5. The third-order valence-corrected chi connectivity index (χ3v) is 12.6. The molecular formula is C53H33N3OS. The maximum absolute atomic E-state index is 6.66. The van der Waals surface area contributed by atoms with E-state index in [1.54, 1.807) is 0 Å². The molecular weight excluding hydrogens is 727 g/mol. The molecule has 1 unspecified atom stereocenters. The van der Waals surface area contributed by atoms with Gasteiger partial charge < -0.3 is 9.73 Å². The maximum Gasteiger partial charge on any atom is 0.160 e. The molecule has 2 aromatic heterocycles. The van der Waals surface area contributed by atoms with Crippen LogP contribution in [-0.2, 0) is 0 Å². The van der Waals surface area contributed by atoms with Crippen molar-refractivity contribution in [1.82, 2.24) is 5.32 Å². The minimum Gasteiger partial charge on any atom is -0.456 e. The Morgan fingerprint density at radius 2 is 1.12 bits per heavy atom. The van der Waals surface area contributed by atoms with Crippen molar-refractivity contribution in [3.8, 4) is 22.3 Å². The molecule has 0 saturated carbocycles. The SMILES string of the molecule is c1ccc2cc(-c3ccc(C4=NC(c5cc(-c6cccc7sc8ccccc8c67)cc6oc7ccccc7c56)=NC(c5ccc6ccccc6c5)N4)cc3)ccc2c1. The van der Waals surface area contributed by atoms with Crippen LogP contribution in [0.1, 0.15) is 22.9 Å². The average Bonchev–Trinajstić information content (AvgIpc) is 3.87. The number of furan rings is 1. The van der Waals surface area contributed by atoms with Crippen molar-refractivity contribution >= 4 is 86.7 Å². The van der Waals surface area contributed by atoms with Crippen LogP contribution in [0.4, 0.5) is 0 Å². The molecule has 58 heavy (non-hydrogen) atoms. The van der Waals surface area contributed by atoms with Crippen LogP contribution in [-0.4, -0.2) is 11.7 Å². The lowest BCUT2D eigenvalue weighted by atomic mass is 9.95. The highest BCUT2D eigenvalue weighted by Gasteiger charge is 2.25. The second kappa shape index (κ2) is 13.1. The molecule has 11 aromatic rings. The highest BCUT2D eigenvalue weighted by atomic mass is 32.1. The molecule has 0 amide bonds. The Labute approximate surface area is 338 Å². The van der Waals surface area contributed by atoms with Gasteiger partial charge in [0.1, 0.15) is 23.2 Å². The van der Waals surface area contributed by atoms with Gasteiger partial charge in [-0.1, -0.05) is 146 Å². The Morgan fingerprint density at radius 3 is 1.97 bits per heavy atom. The molecule has 1 N–H and O–H groups in total. The predicted molar refractivity (Wildman–Crippen MR) is 244 cm³/mol. The van der Waals surface area contributed by atoms with Crippen LogP contribution >= 0.6 is 11.3 Å². The molecule has 0 aliphatic carbocycles. The fraction of sp³-hybridized carbons (Fsp3) is 0.0189. The van der Waals surface area contributed by atoms with Gasteiger partial charge in [0.15, 0.2) is 5.84 Å². The summed E-state index contributed by atoms with van der Waals surface area (Å²) in [4.78, 5) is 10.8. The Balaban J connectivity index is 1.06. The van der Waals surface area contributed by atoms with E-state index < -0.39 is 0 Å². The fourth-order valence-electron chi connectivity index (χ4n) is 8.66. The molecule has 0 fully saturated rings. The molecule has 1 atom stereocenters. The third-order valence-electron chi connectivity index (χ3n) is 11.5. The fourth-order valence-corrected chi connectivity index (χ4v) is 9.79. The van der Waals surface area contributed by atoms with Gasteiger partial charge in [0.25, 0.3) is 0 Å². The highest BCUT2D eigenvalue weighted by Crippen LogP contribution is 2.43. The smallest absolute Gasteiger partial charge is 0.160 e. The molecule has 0 spiro atoms. The van der Waals surface area contributed by atoms with Crippen molar-refractivity contribution in [1.29, 1.82) is 0 Å². The Hall–Kier alpha value is -7.34. The quantitative estimate of drug-likeness (QED) is 0.190. The molecule has 0 saturated heterocycles. The Kier molecular flexibility index (Phi) is 7.43. The standard InChI is InChI=1S/C53H33N3OS/c1-3-12-36-28-38(26-22-32(36)10-1)34-20-24-35(25-21-34)51-54-52(39-27-23-33-11-2-4-13-37(33)29-39)56-53(55-51)44-30-40(31-46-49(44)42-14-5-7-17-45(42)57-46)41-16-9-19-48-50(41)43-15-6-8-18-47(43)58-48/h1-31,52H,(H,54,55,56). The van der Waals surface area contributed by atoms with Crippen LogP contribution in [0, 0.1) is 0 Å². The van der Waals surface area contributed by atoms with E-state index in [-0.39, 0.29) is 6.17 Å². The van der Waals surface area contributed by atoms with E-state index >= 15 is 0 Å². The van der Waals surface area contributed by atoms with Crippen LogP contribution in [0.2, 0.25) is 0 Å². The summed E-state index contributed by atoms with van der Waals surface area (Å²) in [6.45, 7) is 0. The number of hydrogen-bond donors (Lipinski definition) is 1. The van der Waals surface area contributed by atoms with Gasteiger partial charge in [-0.2, -0.15) is 0 Å². The van der Waals surface area contributed by atoms with Crippen molar-refractivity contribution < 1.29 is 4.42 Å². The summed E-state index contributed by atoms with van der Waals surface area (Å²) in [6, 6.07) is 66.9. The number of nitrogens with one attached hydrogen (secondary N) is 1. The lowest BCUT2D eigenvalue weighted by Crippen LogP contribution is -2.33. The van der Waals surface area contributed by atoms with Crippen molar-refractivity contribution in [3.63, 3.8) is 0 Å². The second-order valence-corrected chi connectivity index (χ2v) is 16.1. The van der Waals surface area contributed by atoms with Gasteiger partial charge in [0.05, 0.1) is 0 Å². The number of para-hydroxylation sites is 1. The van der Waals surface area contributed by atoms with E-state index in [2.05, 4.69) is 181 Å². The summed E-state index contributed by atoms with van der Waals surface area (Å²) < 4.78 is 9.20. The topological polar surface area (TPSA) is 49.9 Å². The lowest BCUT2D eigenvalue weighted by molar-refractivity contribution is 0.668. The summed E-state index contributed by atoms with van der Waals surface area (Å²) in [5.74, 6) is 1.43. The third kappa shape index (κ3) is 5.43. The molecule has 0 bridgehead atoms. The van der Waals surface area contributed by atoms with E-state index in [1.807, 2.05) is 23.5 Å². The first-order valence-electron chi connectivity index (χ1n) is 19.6. The number of rotatable bonds is 5. The Bertz CT molecular complexity index is 3500. The van der Waals surface area contributed by atoms with Crippen molar-refractivity contribution in [3.05, 3.63) is 205 Å². The zero-order chi connectivity index (χ0) is 38.2. The van der Waals surface area contributed by atoms with Gasteiger partial charge in [-0.25, -0.2) is 9.98 Å². The van der Waals surface area contributed by atoms with E-state index in [9.17, 15) is 0 Å². The van der Waals surface area contributed by atoms with E-state index in [1.165, 1.54) is 47.3 Å². The number of aliphatic imine (C=N–C) groups is 2. The van der Waals surface area contributed by atoms with Gasteiger partial charge in [-0.15, -0.1) is 11.3 Å². The van der Waals surface area contributed by atoms with Crippen molar-refractivity contribution in [2.24, 2.45) is 9.98 Å². The monoisotopic (exact) mass is 759 g/mol. The lowest BCUT2D eigenvalue weighted by Gasteiger charge is -2.24. The average molecular weight is 760 g/mol. The molecule has 272 valence electrons. The van der Waals surface area contributed by atoms with Crippen LogP contribution in [0.15, 0.2) is 202 Å². The van der Waals surface area contributed by atoms with Gasteiger partial charge in [0.2, 0.25) is 0 Å². The summed E-state index contributed by atoms with van der Waals surface area (Å²) in [6.07, 6.45) is -0.381. The molecule has 5 heteroatoms.